The van der Waals surface area contributed by atoms with E-state index in [-0.39, 0.29) is 11.2 Å². The summed E-state index contributed by atoms with van der Waals surface area (Å²) in [5.41, 5.74) is 2.98. The fraction of sp³-hybridized carbons (Fsp3) is 0.308. The van der Waals surface area contributed by atoms with E-state index in [4.69, 9.17) is 11.6 Å². The van der Waals surface area contributed by atoms with Crippen LogP contribution in [0.2, 0.25) is 0 Å². The summed E-state index contributed by atoms with van der Waals surface area (Å²) in [5, 5.41) is 4.19. The molecule has 0 fully saturated rings. The van der Waals surface area contributed by atoms with Crippen molar-refractivity contribution in [3.63, 3.8) is 0 Å². The van der Waals surface area contributed by atoms with Crippen LogP contribution in [-0.2, 0) is 6.54 Å². The molecule has 0 N–H and O–H groups in total. The number of hydrogen-bond acceptors (Lipinski definition) is 1. The Morgan fingerprint density at radius 2 is 2.24 bits per heavy atom. The van der Waals surface area contributed by atoms with Gasteiger partial charge in [-0.15, -0.1) is 11.6 Å². The molecule has 1 heterocycles. The molecule has 90 valence electrons. The maximum atomic E-state index is 13.0. The highest BCUT2D eigenvalue weighted by Gasteiger charge is 2.06. The van der Waals surface area contributed by atoms with E-state index in [1.54, 1.807) is 12.3 Å². The standard InChI is InChI=1S/C13H14ClFN2/c1-9-5-13(15)4-3-11(9)7-17-8-12(6-16-17)10(2)14/h3-6,8,10H,7H2,1-2H3. The first-order valence-electron chi connectivity index (χ1n) is 5.47. The highest BCUT2D eigenvalue weighted by Crippen LogP contribution is 2.19. The van der Waals surface area contributed by atoms with E-state index >= 15 is 0 Å². The lowest BCUT2D eigenvalue weighted by Gasteiger charge is -2.06. The lowest BCUT2D eigenvalue weighted by atomic mass is 10.1. The molecule has 0 bridgehead atoms. The molecule has 0 aliphatic rings. The van der Waals surface area contributed by atoms with E-state index in [0.29, 0.717) is 6.54 Å². The molecule has 0 amide bonds. The third-order valence-corrected chi connectivity index (χ3v) is 3.00. The molecule has 1 atom stereocenters. The Morgan fingerprint density at radius 1 is 1.47 bits per heavy atom. The molecule has 1 aromatic carbocycles. The average molecular weight is 253 g/mol. The fourth-order valence-electron chi connectivity index (χ4n) is 1.68. The Labute approximate surface area is 105 Å². The lowest BCUT2D eigenvalue weighted by molar-refractivity contribution is 0.622. The second kappa shape index (κ2) is 4.88. The smallest absolute Gasteiger partial charge is 0.123 e. The summed E-state index contributed by atoms with van der Waals surface area (Å²) >= 11 is 5.97. The first-order valence-corrected chi connectivity index (χ1v) is 5.91. The van der Waals surface area contributed by atoms with Gasteiger partial charge in [-0.25, -0.2) is 4.39 Å². The van der Waals surface area contributed by atoms with Crippen LogP contribution in [0.3, 0.4) is 0 Å². The zero-order valence-corrected chi connectivity index (χ0v) is 10.6. The van der Waals surface area contributed by atoms with Gasteiger partial charge in [0.2, 0.25) is 0 Å². The van der Waals surface area contributed by atoms with Gasteiger partial charge in [-0.2, -0.15) is 5.10 Å². The van der Waals surface area contributed by atoms with Crippen molar-refractivity contribution in [2.45, 2.75) is 25.8 Å². The Morgan fingerprint density at radius 3 is 2.82 bits per heavy atom. The second-order valence-corrected chi connectivity index (χ2v) is 4.81. The summed E-state index contributed by atoms with van der Waals surface area (Å²) in [6.45, 7) is 4.44. The Bertz CT molecular complexity index is 520. The summed E-state index contributed by atoms with van der Waals surface area (Å²) < 4.78 is 14.8. The molecule has 0 saturated carbocycles. The molecule has 1 unspecified atom stereocenters. The normalized spacial score (nSPS) is 12.7. The van der Waals surface area contributed by atoms with Crippen LogP contribution in [0, 0.1) is 12.7 Å². The number of alkyl halides is 1. The van der Waals surface area contributed by atoms with Gasteiger partial charge in [0, 0.05) is 11.8 Å². The van der Waals surface area contributed by atoms with Crippen molar-refractivity contribution >= 4 is 11.6 Å². The summed E-state index contributed by atoms with van der Waals surface area (Å²) in [6, 6.07) is 4.79. The van der Waals surface area contributed by atoms with E-state index < -0.39 is 0 Å². The van der Waals surface area contributed by atoms with Gasteiger partial charge in [0.25, 0.3) is 0 Å². The van der Waals surface area contributed by atoms with Gasteiger partial charge in [-0.3, -0.25) is 4.68 Å². The quantitative estimate of drug-likeness (QED) is 0.762. The van der Waals surface area contributed by atoms with E-state index in [1.165, 1.54) is 12.1 Å². The van der Waals surface area contributed by atoms with Crippen LogP contribution in [0.1, 0.15) is 29.0 Å². The molecule has 4 heteroatoms. The first kappa shape index (κ1) is 12.1. The summed E-state index contributed by atoms with van der Waals surface area (Å²) in [7, 11) is 0. The van der Waals surface area contributed by atoms with Crippen LogP contribution in [-0.4, -0.2) is 9.78 Å². The summed E-state index contributed by atoms with van der Waals surface area (Å²) in [4.78, 5) is 0. The molecule has 2 aromatic rings. The molecular weight excluding hydrogens is 239 g/mol. The van der Waals surface area contributed by atoms with Crippen molar-refractivity contribution in [3.8, 4) is 0 Å². The van der Waals surface area contributed by atoms with Gasteiger partial charge in [-0.05, 0) is 37.1 Å². The SMILES string of the molecule is Cc1cc(F)ccc1Cn1cc(C(C)Cl)cn1. The molecule has 2 nitrogen and oxygen atoms in total. The Kier molecular flexibility index (Phi) is 3.48. The Balaban J connectivity index is 2.19. The maximum absolute atomic E-state index is 13.0. The molecular formula is C13H14ClFN2. The molecule has 2 rings (SSSR count). The molecule has 17 heavy (non-hydrogen) atoms. The third-order valence-electron chi connectivity index (χ3n) is 2.75. The second-order valence-electron chi connectivity index (χ2n) is 4.16. The number of aryl methyl sites for hydroxylation is 1. The Hall–Kier alpha value is -1.35. The van der Waals surface area contributed by atoms with Gasteiger partial charge in [-0.1, -0.05) is 6.07 Å². The fourth-order valence-corrected chi connectivity index (χ4v) is 1.80. The maximum Gasteiger partial charge on any atom is 0.123 e. The highest BCUT2D eigenvalue weighted by atomic mass is 35.5. The first-order chi connectivity index (χ1) is 8.06. The number of hydrogen-bond donors (Lipinski definition) is 0. The predicted molar refractivity (Wildman–Crippen MR) is 66.7 cm³/mol. The van der Waals surface area contributed by atoms with E-state index in [9.17, 15) is 4.39 Å². The zero-order chi connectivity index (χ0) is 12.4. The lowest BCUT2D eigenvalue weighted by Crippen LogP contribution is -2.02. The van der Waals surface area contributed by atoms with Crippen LogP contribution >= 0.6 is 11.6 Å². The number of nitrogens with zero attached hydrogens (tertiary/aromatic N) is 2. The number of rotatable bonds is 3. The van der Waals surface area contributed by atoms with Gasteiger partial charge in [0.05, 0.1) is 18.1 Å². The molecule has 0 aliphatic heterocycles. The van der Waals surface area contributed by atoms with Crippen molar-refractivity contribution in [2.24, 2.45) is 0 Å². The molecule has 1 aromatic heterocycles. The van der Waals surface area contributed by atoms with Crippen molar-refractivity contribution < 1.29 is 4.39 Å². The largest absolute Gasteiger partial charge is 0.268 e. The van der Waals surface area contributed by atoms with Gasteiger partial charge in [0.1, 0.15) is 5.82 Å². The molecule has 0 saturated heterocycles. The van der Waals surface area contributed by atoms with Crippen LogP contribution in [0.4, 0.5) is 4.39 Å². The van der Waals surface area contributed by atoms with Crippen molar-refractivity contribution in [1.82, 2.24) is 9.78 Å². The highest BCUT2D eigenvalue weighted by molar-refractivity contribution is 6.20. The van der Waals surface area contributed by atoms with E-state index in [2.05, 4.69) is 5.10 Å². The average Bonchev–Trinajstić information content (AvgIpc) is 2.71. The topological polar surface area (TPSA) is 17.8 Å². The predicted octanol–water partition coefficient (Wildman–Crippen LogP) is 3.68. The summed E-state index contributed by atoms with van der Waals surface area (Å²) in [6.07, 6.45) is 3.68. The minimum absolute atomic E-state index is 0.0435. The number of halogens is 2. The zero-order valence-electron chi connectivity index (χ0n) is 9.82. The van der Waals surface area contributed by atoms with Crippen molar-refractivity contribution in [1.29, 1.82) is 0 Å². The number of benzene rings is 1. The minimum Gasteiger partial charge on any atom is -0.268 e. The van der Waals surface area contributed by atoms with Crippen molar-refractivity contribution in [3.05, 3.63) is 53.1 Å². The minimum atomic E-state index is -0.207. The monoisotopic (exact) mass is 252 g/mol. The molecule has 0 aliphatic carbocycles. The third kappa shape index (κ3) is 2.86. The molecule has 0 radical (unpaired) electrons. The van der Waals surface area contributed by atoms with Crippen LogP contribution in [0.25, 0.3) is 0 Å². The van der Waals surface area contributed by atoms with Gasteiger partial charge < -0.3 is 0 Å². The number of aromatic nitrogens is 2. The van der Waals surface area contributed by atoms with E-state index in [1.807, 2.05) is 24.7 Å². The van der Waals surface area contributed by atoms with Crippen molar-refractivity contribution in [2.75, 3.05) is 0 Å². The van der Waals surface area contributed by atoms with Gasteiger partial charge >= 0.3 is 0 Å². The van der Waals surface area contributed by atoms with E-state index in [0.717, 1.165) is 16.7 Å². The van der Waals surface area contributed by atoms with Crippen LogP contribution in [0.5, 0.6) is 0 Å². The molecule has 0 spiro atoms. The van der Waals surface area contributed by atoms with Crippen LogP contribution < -0.4 is 0 Å². The van der Waals surface area contributed by atoms with Gasteiger partial charge in [0.15, 0.2) is 0 Å². The van der Waals surface area contributed by atoms with Crippen LogP contribution in [0.15, 0.2) is 30.6 Å². The summed E-state index contributed by atoms with van der Waals surface area (Å²) in [5.74, 6) is -0.207.